The molecule has 0 amide bonds. The van der Waals surface area contributed by atoms with E-state index in [1.54, 1.807) is 26.0 Å². The summed E-state index contributed by atoms with van der Waals surface area (Å²) < 4.78 is 37.3. The van der Waals surface area contributed by atoms with Crippen molar-refractivity contribution in [2.75, 3.05) is 18.5 Å². The molecule has 0 unspecified atom stereocenters. The standard InChI is InChI=1S/C19H21F2N3O4/c1-10-12(4-3-5-13(10)17(20)21)9-22-18-16(19-27-6-7-28-19)14(8-15(25)26)23-11(2)24-18/h3-5,17,19H,6-9H2,1-2H3,(H,25,26)(H,22,23,24). The van der Waals surface area contributed by atoms with Crippen LogP contribution < -0.4 is 5.32 Å². The van der Waals surface area contributed by atoms with Crippen molar-refractivity contribution >= 4 is 11.8 Å². The summed E-state index contributed by atoms with van der Waals surface area (Å²) in [6, 6.07) is 4.73. The van der Waals surface area contributed by atoms with Gasteiger partial charge in [-0.05, 0) is 25.0 Å². The Bertz CT molecular complexity index is 870. The molecule has 1 aliphatic heterocycles. The van der Waals surface area contributed by atoms with Crippen molar-refractivity contribution in [2.45, 2.75) is 39.5 Å². The number of nitrogens with zero attached hydrogens (tertiary/aromatic N) is 2. The Morgan fingerprint density at radius 1 is 1.29 bits per heavy atom. The lowest BCUT2D eigenvalue weighted by atomic mass is 10.0. The predicted molar refractivity (Wildman–Crippen MR) is 96.2 cm³/mol. The highest BCUT2D eigenvalue weighted by atomic mass is 19.3. The molecule has 1 saturated heterocycles. The number of anilines is 1. The highest BCUT2D eigenvalue weighted by Gasteiger charge is 2.28. The van der Waals surface area contributed by atoms with Crippen molar-refractivity contribution in [1.29, 1.82) is 0 Å². The van der Waals surface area contributed by atoms with Crippen molar-refractivity contribution in [2.24, 2.45) is 0 Å². The van der Waals surface area contributed by atoms with Gasteiger partial charge in [0.2, 0.25) is 0 Å². The third-order valence-electron chi connectivity index (χ3n) is 4.48. The van der Waals surface area contributed by atoms with Crippen LogP contribution in [0, 0.1) is 13.8 Å². The van der Waals surface area contributed by atoms with Gasteiger partial charge in [-0.25, -0.2) is 18.7 Å². The first-order chi connectivity index (χ1) is 13.4. The fraction of sp³-hybridized carbons (Fsp3) is 0.421. The lowest BCUT2D eigenvalue weighted by Gasteiger charge is -2.19. The zero-order chi connectivity index (χ0) is 20.3. The number of aliphatic carboxylic acids is 1. The maximum Gasteiger partial charge on any atom is 0.309 e. The van der Waals surface area contributed by atoms with Crippen molar-refractivity contribution in [3.05, 3.63) is 52.0 Å². The first kappa shape index (κ1) is 20.1. The number of hydrogen-bond acceptors (Lipinski definition) is 6. The SMILES string of the molecule is Cc1nc(CC(=O)O)c(C2OCCO2)c(NCc2cccc(C(F)F)c2C)n1. The summed E-state index contributed by atoms with van der Waals surface area (Å²) in [6.45, 7) is 4.28. The molecule has 9 heteroatoms. The monoisotopic (exact) mass is 393 g/mol. The van der Waals surface area contributed by atoms with E-state index >= 15 is 0 Å². The first-order valence-electron chi connectivity index (χ1n) is 8.79. The van der Waals surface area contributed by atoms with Crippen LogP contribution in [0.25, 0.3) is 0 Å². The van der Waals surface area contributed by atoms with Gasteiger partial charge in [0, 0.05) is 12.1 Å². The number of aryl methyl sites for hydroxylation is 1. The molecule has 7 nitrogen and oxygen atoms in total. The largest absolute Gasteiger partial charge is 0.481 e. The maximum atomic E-state index is 13.1. The molecule has 1 aliphatic rings. The molecule has 0 atom stereocenters. The van der Waals surface area contributed by atoms with Gasteiger partial charge in [-0.2, -0.15) is 0 Å². The van der Waals surface area contributed by atoms with E-state index in [1.165, 1.54) is 6.07 Å². The molecule has 0 saturated carbocycles. The fourth-order valence-corrected chi connectivity index (χ4v) is 3.13. The average molecular weight is 393 g/mol. The summed E-state index contributed by atoms with van der Waals surface area (Å²) in [5.74, 6) is -0.278. The lowest BCUT2D eigenvalue weighted by molar-refractivity contribution is -0.136. The fourth-order valence-electron chi connectivity index (χ4n) is 3.13. The van der Waals surface area contributed by atoms with Gasteiger partial charge in [-0.1, -0.05) is 18.2 Å². The topological polar surface area (TPSA) is 93.6 Å². The predicted octanol–water partition coefficient (Wildman–Crippen LogP) is 3.32. The van der Waals surface area contributed by atoms with Gasteiger partial charge in [0.1, 0.15) is 11.6 Å². The Morgan fingerprint density at radius 2 is 2.00 bits per heavy atom. The van der Waals surface area contributed by atoms with Gasteiger partial charge in [-0.15, -0.1) is 0 Å². The van der Waals surface area contributed by atoms with Crippen molar-refractivity contribution in [1.82, 2.24) is 9.97 Å². The Morgan fingerprint density at radius 3 is 2.64 bits per heavy atom. The lowest BCUT2D eigenvalue weighted by Crippen LogP contribution is -2.17. The number of ether oxygens (including phenoxy) is 2. The summed E-state index contributed by atoms with van der Waals surface area (Å²) in [5.41, 5.74) is 1.89. The molecule has 2 heterocycles. The smallest absolute Gasteiger partial charge is 0.309 e. The molecule has 0 spiro atoms. The molecule has 1 aromatic carbocycles. The van der Waals surface area contributed by atoms with Gasteiger partial charge in [0.25, 0.3) is 6.43 Å². The van der Waals surface area contributed by atoms with E-state index in [0.29, 0.717) is 47.2 Å². The minimum absolute atomic E-state index is 0.0209. The summed E-state index contributed by atoms with van der Waals surface area (Å²) >= 11 is 0. The van der Waals surface area contributed by atoms with Gasteiger partial charge in [0.15, 0.2) is 6.29 Å². The van der Waals surface area contributed by atoms with E-state index in [-0.39, 0.29) is 18.5 Å². The van der Waals surface area contributed by atoms with Crippen molar-refractivity contribution in [3.8, 4) is 0 Å². The molecule has 2 N–H and O–H groups in total. The van der Waals surface area contributed by atoms with Crippen molar-refractivity contribution < 1.29 is 28.2 Å². The van der Waals surface area contributed by atoms with Crippen LogP contribution in [0.5, 0.6) is 0 Å². The third-order valence-corrected chi connectivity index (χ3v) is 4.48. The van der Waals surface area contributed by atoms with Crippen LogP contribution in [0.3, 0.4) is 0 Å². The number of nitrogens with one attached hydrogen (secondary N) is 1. The number of carboxylic acid groups (broad SMARTS) is 1. The Labute approximate surface area is 160 Å². The van der Waals surface area contributed by atoms with E-state index in [4.69, 9.17) is 9.47 Å². The maximum absolute atomic E-state index is 13.1. The highest BCUT2D eigenvalue weighted by molar-refractivity contribution is 5.71. The molecule has 0 bridgehead atoms. The normalized spacial score (nSPS) is 14.6. The summed E-state index contributed by atoms with van der Waals surface area (Å²) in [5, 5.41) is 12.3. The molecule has 28 heavy (non-hydrogen) atoms. The van der Waals surface area contributed by atoms with E-state index in [2.05, 4.69) is 15.3 Å². The molecule has 1 fully saturated rings. The second kappa shape index (κ2) is 8.57. The Hall–Kier alpha value is -2.65. The minimum atomic E-state index is -2.56. The summed E-state index contributed by atoms with van der Waals surface area (Å²) in [6.07, 6.45) is -3.64. The number of alkyl halides is 2. The molecule has 0 radical (unpaired) electrons. The second-order valence-corrected chi connectivity index (χ2v) is 6.41. The number of rotatable bonds is 7. The number of hydrogen-bond donors (Lipinski definition) is 2. The summed E-state index contributed by atoms with van der Waals surface area (Å²) in [4.78, 5) is 19.9. The van der Waals surface area contributed by atoms with Crippen LogP contribution in [-0.4, -0.2) is 34.3 Å². The van der Waals surface area contributed by atoms with Crippen molar-refractivity contribution in [3.63, 3.8) is 0 Å². The zero-order valence-electron chi connectivity index (χ0n) is 15.5. The molecule has 2 aromatic rings. The molecule has 150 valence electrons. The second-order valence-electron chi connectivity index (χ2n) is 6.41. The van der Waals surface area contributed by atoms with Crippen LogP contribution >= 0.6 is 0 Å². The Kier molecular flexibility index (Phi) is 6.15. The van der Waals surface area contributed by atoms with E-state index < -0.39 is 18.7 Å². The average Bonchev–Trinajstić information content (AvgIpc) is 3.13. The number of carbonyl (C=O) groups is 1. The minimum Gasteiger partial charge on any atom is -0.481 e. The first-order valence-corrected chi connectivity index (χ1v) is 8.79. The van der Waals surface area contributed by atoms with Gasteiger partial charge in [0.05, 0.1) is 30.9 Å². The molecular weight excluding hydrogens is 372 g/mol. The summed E-state index contributed by atoms with van der Waals surface area (Å²) in [7, 11) is 0. The van der Waals surface area contributed by atoms with Crippen LogP contribution in [0.1, 0.15) is 46.5 Å². The number of benzene rings is 1. The quantitative estimate of drug-likeness (QED) is 0.745. The van der Waals surface area contributed by atoms with E-state index in [0.717, 1.165) is 0 Å². The molecule has 1 aromatic heterocycles. The van der Waals surface area contributed by atoms with Gasteiger partial charge >= 0.3 is 5.97 Å². The van der Waals surface area contributed by atoms with Crippen LogP contribution in [0.2, 0.25) is 0 Å². The Balaban J connectivity index is 1.94. The third kappa shape index (κ3) is 4.42. The van der Waals surface area contributed by atoms with Gasteiger partial charge in [-0.3, -0.25) is 4.79 Å². The molecular formula is C19H21F2N3O4. The van der Waals surface area contributed by atoms with Crippen LogP contribution in [0.15, 0.2) is 18.2 Å². The molecule has 0 aliphatic carbocycles. The van der Waals surface area contributed by atoms with E-state index in [9.17, 15) is 18.7 Å². The van der Waals surface area contributed by atoms with Crippen LogP contribution in [-0.2, 0) is 27.2 Å². The number of aromatic nitrogens is 2. The number of carboxylic acids is 1. The molecule has 3 rings (SSSR count). The zero-order valence-corrected chi connectivity index (χ0v) is 15.5. The van der Waals surface area contributed by atoms with Crippen LogP contribution in [0.4, 0.5) is 14.6 Å². The highest BCUT2D eigenvalue weighted by Crippen LogP contribution is 2.32. The number of halogens is 2. The van der Waals surface area contributed by atoms with Gasteiger partial charge < -0.3 is 19.9 Å². The van der Waals surface area contributed by atoms with E-state index in [1.807, 2.05) is 0 Å².